The maximum Gasteiger partial charge on any atom is 0.210 e. The van der Waals surface area contributed by atoms with Gasteiger partial charge in [0, 0.05) is 29.9 Å². The van der Waals surface area contributed by atoms with Gasteiger partial charge < -0.3 is 15.2 Å². The van der Waals surface area contributed by atoms with Crippen molar-refractivity contribution >= 4 is 23.2 Å². The number of anilines is 1. The third-order valence-electron chi connectivity index (χ3n) is 5.35. The molecule has 29 heavy (non-hydrogen) atoms. The van der Waals surface area contributed by atoms with Crippen molar-refractivity contribution in [1.29, 1.82) is 0 Å². The van der Waals surface area contributed by atoms with E-state index in [-0.39, 0.29) is 17.0 Å². The number of hydrogen-bond acceptors (Lipinski definition) is 7. The first-order valence-electron chi connectivity index (χ1n) is 9.26. The Morgan fingerprint density at radius 3 is 2.72 bits per heavy atom. The molecule has 3 heterocycles. The number of para-hydroxylation sites is 1. The van der Waals surface area contributed by atoms with E-state index >= 15 is 0 Å². The van der Waals surface area contributed by atoms with Gasteiger partial charge in [0.15, 0.2) is 11.6 Å². The fourth-order valence-electron chi connectivity index (χ4n) is 3.76. The van der Waals surface area contributed by atoms with Gasteiger partial charge in [-0.25, -0.2) is 4.68 Å². The summed E-state index contributed by atoms with van der Waals surface area (Å²) in [7, 11) is 2.00. The molecule has 1 aromatic carbocycles. The quantitative estimate of drug-likeness (QED) is 0.392. The first-order chi connectivity index (χ1) is 13.8. The number of aryl methyl sites for hydroxylation is 1. The Morgan fingerprint density at radius 2 is 2.03 bits per heavy atom. The highest BCUT2D eigenvalue weighted by molar-refractivity contribution is 7.99. The topological polar surface area (TPSA) is 90.2 Å². The average molecular weight is 410 g/mol. The number of carbonyl (C=O) groups excluding carboxylic acids is 1. The Kier molecular flexibility index (Phi) is 4.74. The molecule has 1 aliphatic heterocycles. The molecule has 0 saturated carbocycles. The lowest BCUT2D eigenvalue weighted by Gasteiger charge is -2.23. The molecule has 0 atom stereocenters. The minimum absolute atomic E-state index is 0.00164. The predicted molar refractivity (Wildman–Crippen MR) is 114 cm³/mol. The molecule has 0 spiro atoms. The van der Waals surface area contributed by atoms with Crippen LogP contribution >= 0.6 is 11.8 Å². The lowest BCUT2D eigenvalue weighted by Crippen LogP contribution is -2.24. The number of aromatic nitrogens is 3. The smallest absolute Gasteiger partial charge is 0.210 e. The summed E-state index contributed by atoms with van der Waals surface area (Å²) in [4.78, 5) is 14.8. The van der Waals surface area contributed by atoms with Crippen LogP contribution in [0.5, 0.6) is 0 Å². The first-order valence-corrected chi connectivity index (χ1v) is 10.2. The Hall–Kier alpha value is -3.00. The standard InChI is InChI=1S/C21H23N5O2S/c1-13-15(9-10-28-13)19-23-24-20(26(19)22)29-12-14(27)11-18-21(2,3)16-7-5-6-8-17(16)25(18)4/h5-11H,12,22H2,1-4H3/b18-11-. The monoisotopic (exact) mass is 409 g/mol. The predicted octanol–water partition coefficient (Wildman–Crippen LogP) is 3.53. The maximum absolute atomic E-state index is 12.7. The molecule has 0 saturated heterocycles. The van der Waals surface area contributed by atoms with Gasteiger partial charge in [0.1, 0.15) is 5.76 Å². The van der Waals surface area contributed by atoms with E-state index in [0.29, 0.717) is 16.7 Å². The number of allylic oxidation sites excluding steroid dienone is 2. The zero-order valence-corrected chi connectivity index (χ0v) is 17.7. The lowest BCUT2D eigenvalue weighted by atomic mass is 9.83. The number of fused-ring (bicyclic) bond motifs is 1. The second-order valence-electron chi connectivity index (χ2n) is 7.55. The Labute approximate surface area is 173 Å². The van der Waals surface area contributed by atoms with Crippen LogP contribution in [0.4, 0.5) is 5.69 Å². The summed E-state index contributed by atoms with van der Waals surface area (Å²) < 4.78 is 6.70. The van der Waals surface area contributed by atoms with Crippen molar-refractivity contribution in [1.82, 2.24) is 14.9 Å². The molecule has 7 nitrogen and oxygen atoms in total. The molecule has 0 radical (unpaired) electrons. The number of benzene rings is 1. The number of likely N-dealkylation sites (N-methyl/N-ethyl adjacent to an activating group) is 1. The second kappa shape index (κ2) is 7.11. The number of nitrogens with zero attached hydrogens (tertiary/aromatic N) is 4. The van der Waals surface area contributed by atoms with E-state index in [4.69, 9.17) is 10.3 Å². The van der Waals surface area contributed by atoms with Crippen molar-refractivity contribution in [3.63, 3.8) is 0 Å². The number of furan rings is 1. The van der Waals surface area contributed by atoms with Crippen LogP contribution in [0.25, 0.3) is 11.4 Å². The van der Waals surface area contributed by atoms with Gasteiger partial charge in [0.2, 0.25) is 5.16 Å². The molecule has 150 valence electrons. The molecule has 0 bridgehead atoms. The van der Waals surface area contributed by atoms with Crippen LogP contribution in [0.2, 0.25) is 0 Å². The highest BCUT2D eigenvalue weighted by Gasteiger charge is 2.38. The van der Waals surface area contributed by atoms with Gasteiger partial charge in [0.05, 0.1) is 17.6 Å². The Bertz CT molecular complexity index is 1110. The van der Waals surface area contributed by atoms with Crippen molar-refractivity contribution in [2.45, 2.75) is 31.3 Å². The van der Waals surface area contributed by atoms with Gasteiger partial charge in [-0.15, -0.1) is 10.2 Å². The molecule has 3 aromatic rings. The minimum Gasteiger partial charge on any atom is -0.469 e. The summed E-state index contributed by atoms with van der Waals surface area (Å²) in [5, 5.41) is 8.73. The molecule has 8 heteroatoms. The van der Waals surface area contributed by atoms with Crippen LogP contribution in [0.15, 0.2) is 57.9 Å². The Morgan fingerprint density at radius 1 is 1.28 bits per heavy atom. The summed E-state index contributed by atoms with van der Waals surface area (Å²) in [6.45, 7) is 6.11. The van der Waals surface area contributed by atoms with Crippen molar-refractivity contribution in [2.24, 2.45) is 0 Å². The van der Waals surface area contributed by atoms with E-state index in [9.17, 15) is 4.79 Å². The highest BCUT2D eigenvalue weighted by Crippen LogP contribution is 2.46. The van der Waals surface area contributed by atoms with Crippen LogP contribution in [-0.4, -0.2) is 33.5 Å². The SMILES string of the molecule is Cc1occc1-c1nnc(SCC(=O)/C=C2\N(C)c3ccccc3C2(C)C)n1N. The van der Waals surface area contributed by atoms with Crippen LogP contribution in [0.1, 0.15) is 25.2 Å². The van der Waals surface area contributed by atoms with E-state index in [0.717, 1.165) is 16.9 Å². The number of hydrogen-bond donors (Lipinski definition) is 1. The summed E-state index contributed by atoms with van der Waals surface area (Å²) >= 11 is 1.27. The van der Waals surface area contributed by atoms with Crippen LogP contribution < -0.4 is 10.7 Å². The van der Waals surface area contributed by atoms with Crippen LogP contribution in [0, 0.1) is 6.92 Å². The molecule has 0 fully saturated rings. The largest absolute Gasteiger partial charge is 0.469 e. The van der Waals surface area contributed by atoms with E-state index < -0.39 is 0 Å². The zero-order chi connectivity index (χ0) is 20.8. The van der Waals surface area contributed by atoms with Crippen LogP contribution in [0.3, 0.4) is 0 Å². The minimum atomic E-state index is -0.231. The third kappa shape index (κ3) is 3.23. The number of nitrogen functional groups attached to an aromatic ring is 1. The number of ketones is 1. The lowest BCUT2D eigenvalue weighted by molar-refractivity contribution is -0.112. The zero-order valence-electron chi connectivity index (χ0n) is 16.8. The van der Waals surface area contributed by atoms with Gasteiger partial charge in [-0.3, -0.25) is 4.79 Å². The Balaban J connectivity index is 1.50. The van der Waals surface area contributed by atoms with Crippen molar-refractivity contribution < 1.29 is 9.21 Å². The molecular weight excluding hydrogens is 386 g/mol. The van der Waals surface area contributed by atoms with Gasteiger partial charge in [0.25, 0.3) is 0 Å². The van der Waals surface area contributed by atoms with E-state index in [1.54, 1.807) is 18.4 Å². The molecule has 2 aromatic heterocycles. The van der Waals surface area contributed by atoms with E-state index in [1.165, 1.54) is 22.0 Å². The molecule has 1 aliphatic rings. The fourth-order valence-corrected chi connectivity index (χ4v) is 4.44. The summed E-state index contributed by atoms with van der Waals surface area (Å²) in [5.41, 5.74) is 3.88. The number of carbonyl (C=O) groups is 1. The molecular formula is C21H23N5O2S. The number of nitrogens with two attached hydrogens (primary N) is 1. The van der Waals surface area contributed by atoms with Crippen LogP contribution in [-0.2, 0) is 10.2 Å². The summed E-state index contributed by atoms with van der Waals surface area (Å²) in [5.74, 6) is 7.58. The van der Waals surface area contributed by atoms with Gasteiger partial charge in [-0.05, 0) is 24.6 Å². The second-order valence-corrected chi connectivity index (χ2v) is 8.49. The summed E-state index contributed by atoms with van der Waals surface area (Å²) in [6, 6.07) is 10.0. The molecule has 4 rings (SSSR count). The summed E-state index contributed by atoms with van der Waals surface area (Å²) in [6.07, 6.45) is 3.31. The molecule has 0 amide bonds. The first kappa shape index (κ1) is 19.3. The fraction of sp³-hybridized carbons (Fsp3) is 0.286. The van der Waals surface area contributed by atoms with Gasteiger partial charge in [-0.1, -0.05) is 43.8 Å². The average Bonchev–Trinajstić information content (AvgIpc) is 3.33. The number of thioether (sulfide) groups is 1. The molecule has 0 aliphatic carbocycles. The molecule has 2 N–H and O–H groups in total. The van der Waals surface area contributed by atoms with E-state index in [1.807, 2.05) is 26.1 Å². The third-order valence-corrected chi connectivity index (χ3v) is 6.31. The number of rotatable bonds is 5. The maximum atomic E-state index is 12.7. The highest BCUT2D eigenvalue weighted by atomic mass is 32.2. The van der Waals surface area contributed by atoms with Crippen molar-refractivity contribution in [3.8, 4) is 11.4 Å². The van der Waals surface area contributed by atoms with E-state index in [2.05, 4.69) is 41.1 Å². The van der Waals surface area contributed by atoms with Crippen molar-refractivity contribution in [3.05, 3.63) is 59.7 Å². The molecule has 0 unspecified atom stereocenters. The normalized spacial score (nSPS) is 16.4. The van der Waals surface area contributed by atoms with Crippen molar-refractivity contribution in [2.75, 3.05) is 23.5 Å². The van der Waals surface area contributed by atoms with Gasteiger partial charge >= 0.3 is 0 Å². The van der Waals surface area contributed by atoms with Gasteiger partial charge in [-0.2, -0.15) is 0 Å².